The lowest BCUT2D eigenvalue weighted by Gasteiger charge is -2.36. The van der Waals surface area contributed by atoms with Crippen molar-refractivity contribution in [1.82, 2.24) is 5.32 Å². The molecule has 0 spiro atoms. The van der Waals surface area contributed by atoms with Gasteiger partial charge in [-0.15, -0.1) is 0 Å². The van der Waals surface area contributed by atoms with Crippen LogP contribution >= 0.6 is 23.4 Å². The summed E-state index contributed by atoms with van der Waals surface area (Å²) in [4.78, 5) is 0. The molecule has 1 saturated carbocycles. The molecule has 1 aromatic carbocycles. The molecule has 0 unspecified atom stereocenters. The van der Waals surface area contributed by atoms with Gasteiger partial charge in [-0.2, -0.15) is 11.8 Å². The van der Waals surface area contributed by atoms with Crippen molar-refractivity contribution in [3.63, 3.8) is 0 Å². The standard InChI is InChI=1S/C17H22ClNOS/c1-21-17(9-5-2-6-10-17)12-19-11-14-13-7-3-4-8-15(13)20-16(14)18/h3-4,7-8,19H,2,5-6,9-12H2,1H3. The third kappa shape index (κ3) is 3.25. The average molecular weight is 324 g/mol. The lowest BCUT2D eigenvalue weighted by Crippen LogP contribution is -2.39. The highest BCUT2D eigenvalue weighted by Crippen LogP contribution is 2.38. The number of hydrogen-bond acceptors (Lipinski definition) is 3. The van der Waals surface area contributed by atoms with E-state index in [0.29, 0.717) is 9.97 Å². The summed E-state index contributed by atoms with van der Waals surface area (Å²) in [5, 5.41) is 5.26. The predicted octanol–water partition coefficient (Wildman–Crippen LogP) is 5.24. The molecule has 0 radical (unpaired) electrons. The van der Waals surface area contributed by atoms with Gasteiger partial charge < -0.3 is 9.73 Å². The fourth-order valence-corrected chi connectivity index (χ4v) is 4.49. The van der Waals surface area contributed by atoms with Crippen LogP contribution in [0.25, 0.3) is 11.0 Å². The van der Waals surface area contributed by atoms with E-state index < -0.39 is 0 Å². The molecule has 4 heteroatoms. The minimum absolute atomic E-state index is 0.407. The average Bonchev–Trinajstić information content (AvgIpc) is 2.84. The SMILES string of the molecule is CSC1(CNCc2c(Cl)oc3ccccc23)CCCCC1. The molecule has 0 bridgehead atoms. The molecule has 1 fully saturated rings. The van der Waals surface area contributed by atoms with E-state index in [1.54, 1.807) is 0 Å². The normalized spacial score (nSPS) is 18.2. The van der Waals surface area contributed by atoms with E-state index in [9.17, 15) is 0 Å². The minimum atomic E-state index is 0.407. The van der Waals surface area contributed by atoms with Crippen molar-refractivity contribution >= 4 is 34.3 Å². The van der Waals surface area contributed by atoms with E-state index >= 15 is 0 Å². The third-order valence-corrected chi connectivity index (χ3v) is 6.32. The molecule has 1 N–H and O–H groups in total. The number of thioether (sulfide) groups is 1. The van der Waals surface area contributed by atoms with Crippen LogP contribution < -0.4 is 5.32 Å². The quantitative estimate of drug-likeness (QED) is 0.814. The van der Waals surface area contributed by atoms with Gasteiger partial charge in [0.05, 0.1) is 0 Å². The van der Waals surface area contributed by atoms with Crippen molar-refractivity contribution < 1.29 is 4.42 Å². The molecule has 1 aliphatic rings. The number of benzene rings is 1. The third-order valence-electron chi connectivity index (χ3n) is 4.60. The molecule has 0 saturated heterocycles. The molecule has 1 aliphatic carbocycles. The van der Waals surface area contributed by atoms with Gasteiger partial charge in [0, 0.05) is 28.8 Å². The Balaban J connectivity index is 1.67. The maximum Gasteiger partial charge on any atom is 0.199 e. The highest BCUT2D eigenvalue weighted by Gasteiger charge is 2.30. The summed E-state index contributed by atoms with van der Waals surface area (Å²) in [6.07, 6.45) is 8.99. The molecule has 0 atom stereocenters. The Kier molecular flexibility index (Phi) is 4.82. The Morgan fingerprint density at radius 2 is 2.00 bits per heavy atom. The lowest BCUT2D eigenvalue weighted by atomic mass is 9.88. The zero-order valence-corrected chi connectivity index (χ0v) is 14.0. The number of halogens is 1. The van der Waals surface area contributed by atoms with Gasteiger partial charge >= 0.3 is 0 Å². The fraction of sp³-hybridized carbons (Fsp3) is 0.529. The van der Waals surface area contributed by atoms with Gasteiger partial charge in [0.25, 0.3) is 0 Å². The fourth-order valence-electron chi connectivity index (χ4n) is 3.30. The molecule has 0 aliphatic heterocycles. The molecule has 0 amide bonds. The molecule has 1 heterocycles. The summed E-state index contributed by atoms with van der Waals surface area (Å²) >= 11 is 8.27. The molecule has 21 heavy (non-hydrogen) atoms. The van der Waals surface area contributed by atoms with E-state index in [0.717, 1.165) is 29.6 Å². The zero-order chi connectivity index (χ0) is 14.7. The molecular weight excluding hydrogens is 302 g/mol. The summed E-state index contributed by atoms with van der Waals surface area (Å²) in [5.74, 6) is 0. The van der Waals surface area contributed by atoms with Crippen LogP contribution in [0.15, 0.2) is 28.7 Å². The Hall–Kier alpha value is -0.640. The number of fused-ring (bicyclic) bond motifs is 1. The first kappa shape index (κ1) is 15.3. The minimum Gasteiger partial charge on any atom is -0.444 e. The van der Waals surface area contributed by atoms with Crippen molar-refractivity contribution in [3.05, 3.63) is 35.0 Å². The summed E-state index contributed by atoms with van der Waals surface area (Å²) in [7, 11) is 0. The predicted molar refractivity (Wildman–Crippen MR) is 92.3 cm³/mol. The molecule has 114 valence electrons. The summed E-state index contributed by atoms with van der Waals surface area (Å²) in [5.41, 5.74) is 1.95. The van der Waals surface area contributed by atoms with E-state index in [-0.39, 0.29) is 0 Å². The van der Waals surface area contributed by atoms with Crippen molar-refractivity contribution in [3.8, 4) is 0 Å². The number of nitrogens with one attached hydrogen (secondary N) is 1. The highest BCUT2D eigenvalue weighted by molar-refractivity contribution is 8.00. The van der Waals surface area contributed by atoms with Crippen molar-refractivity contribution in [1.29, 1.82) is 0 Å². The van der Waals surface area contributed by atoms with Crippen LogP contribution in [-0.4, -0.2) is 17.5 Å². The second kappa shape index (κ2) is 6.64. The first-order chi connectivity index (χ1) is 10.2. The summed E-state index contributed by atoms with van der Waals surface area (Å²) in [6, 6.07) is 8.05. The second-order valence-corrected chi connectivity index (χ2v) is 7.52. The van der Waals surface area contributed by atoms with Crippen molar-refractivity contribution in [2.45, 2.75) is 43.4 Å². The zero-order valence-electron chi connectivity index (χ0n) is 12.5. The van der Waals surface area contributed by atoms with Gasteiger partial charge in [-0.1, -0.05) is 37.5 Å². The van der Waals surface area contributed by atoms with Crippen LogP contribution in [0.4, 0.5) is 0 Å². The van der Waals surface area contributed by atoms with Crippen LogP contribution in [0.2, 0.25) is 5.22 Å². The monoisotopic (exact) mass is 323 g/mol. The highest BCUT2D eigenvalue weighted by atomic mass is 35.5. The number of furan rings is 1. The first-order valence-electron chi connectivity index (χ1n) is 7.66. The summed E-state index contributed by atoms with van der Waals surface area (Å²) in [6.45, 7) is 1.82. The van der Waals surface area contributed by atoms with Gasteiger partial charge in [0.2, 0.25) is 0 Å². The number of hydrogen-bond donors (Lipinski definition) is 1. The van der Waals surface area contributed by atoms with Gasteiger partial charge in [-0.25, -0.2) is 0 Å². The smallest absolute Gasteiger partial charge is 0.199 e. The maximum absolute atomic E-state index is 6.25. The largest absolute Gasteiger partial charge is 0.444 e. The topological polar surface area (TPSA) is 25.2 Å². The van der Waals surface area contributed by atoms with Gasteiger partial charge in [0.15, 0.2) is 5.22 Å². The van der Waals surface area contributed by atoms with Crippen LogP contribution in [0.3, 0.4) is 0 Å². The van der Waals surface area contributed by atoms with Gasteiger partial charge in [-0.3, -0.25) is 0 Å². The Bertz CT molecular complexity index is 604. The van der Waals surface area contributed by atoms with Crippen molar-refractivity contribution in [2.24, 2.45) is 0 Å². The van der Waals surface area contributed by atoms with E-state index in [4.69, 9.17) is 16.0 Å². The Morgan fingerprint density at radius 3 is 2.76 bits per heavy atom. The first-order valence-corrected chi connectivity index (χ1v) is 9.26. The number of para-hydroxylation sites is 1. The van der Waals surface area contributed by atoms with Crippen LogP contribution in [0.5, 0.6) is 0 Å². The molecule has 2 aromatic rings. The van der Waals surface area contributed by atoms with E-state index in [2.05, 4.69) is 17.6 Å². The Labute approximate surface area is 135 Å². The van der Waals surface area contributed by atoms with Crippen LogP contribution in [0, 0.1) is 0 Å². The molecule has 1 aromatic heterocycles. The van der Waals surface area contributed by atoms with Crippen LogP contribution in [-0.2, 0) is 6.54 Å². The maximum atomic E-state index is 6.25. The van der Waals surface area contributed by atoms with Crippen LogP contribution in [0.1, 0.15) is 37.7 Å². The van der Waals surface area contributed by atoms with E-state index in [1.165, 1.54) is 32.1 Å². The van der Waals surface area contributed by atoms with E-state index in [1.807, 2.05) is 30.0 Å². The molecule has 2 nitrogen and oxygen atoms in total. The van der Waals surface area contributed by atoms with Gasteiger partial charge in [0.1, 0.15) is 5.58 Å². The second-order valence-electron chi connectivity index (χ2n) is 5.90. The van der Waals surface area contributed by atoms with Crippen molar-refractivity contribution in [2.75, 3.05) is 12.8 Å². The lowest BCUT2D eigenvalue weighted by molar-refractivity contribution is 0.379. The number of rotatable bonds is 5. The molecule has 3 rings (SSSR count). The Morgan fingerprint density at radius 1 is 1.24 bits per heavy atom. The van der Waals surface area contributed by atoms with Gasteiger partial charge in [-0.05, 0) is 36.8 Å². The summed E-state index contributed by atoms with van der Waals surface area (Å²) < 4.78 is 6.02. The molecular formula is C17H22ClNOS.